The van der Waals surface area contributed by atoms with Gasteiger partial charge in [-0.2, -0.15) is 5.10 Å². The van der Waals surface area contributed by atoms with Gasteiger partial charge in [-0.1, -0.05) is 0 Å². The van der Waals surface area contributed by atoms with Crippen molar-refractivity contribution in [3.63, 3.8) is 0 Å². The van der Waals surface area contributed by atoms with E-state index < -0.39 is 0 Å². The summed E-state index contributed by atoms with van der Waals surface area (Å²) in [5.41, 5.74) is 2.87. The van der Waals surface area contributed by atoms with Gasteiger partial charge in [0.15, 0.2) is 11.5 Å². The second-order valence-corrected chi connectivity index (χ2v) is 7.92. The summed E-state index contributed by atoms with van der Waals surface area (Å²) in [7, 11) is 1.58. The Morgan fingerprint density at radius 1 is 1.03 bits per heavy atom. The molecule has 0 saturated heterocycles. The van der Waals surface area contributed by atoms with Crippen LogP contribution in [-0.2, 0) is 6.54 Å². The molecule has 35 heavy (non-hydrogen) atoms. The molecule has 0 unspecified atom stereocenters. The average molecular weight is 474 g/mol. The molecule has 0 aliphatic heterocycles. The number of methoxy groups -OCH3 is 1. The second kappa shape index (κ2) is 9.09. The van der Waals surface area contributed by atoms with Crippen LogP contribution < -0.4 is 15.0 Å². The zero-order valence-electron chi connectivity index (χ0n) is 19.5. The molecule has 8 nitrogen and oxygen atoms in total. The lowest BCUT2D eigenvalue weighted by Gasteiger charge is -2.09. The number of ether oxygens (including phenoxy) is 2. The molecule has 0 radical (unpaired) electrons. The van der Waals surface area contributed by atoms with Crippen LogP contribution in [0.3, 0.4) is 0 Å². The number of halogens is 1. The highest BCUT2D eigenvalue weighted by Crippen LogP contribution is 2.33. The topological polar surface area (TPSA) is 83.8 Å². The number of benzene rings is 2. The predicted octanol–water partition coefficient (Wildman–Crippen LogP) is 4.72. The van der Waals surface area contributed by atoms with Crippen LogP contribution in [0.4, 0.5) is 4.39 Å². The molecule has 5 aromatic rings. The van der Waals surface area contributed by atoms with Gasteiger partial charge in [0.1, 0.15) is 22.8 Å². The van der Waals surface area contributed by atoms with Crippen LogP contribution in [0.1, 0.15) is 18.4 Å². The first-order valence-corrected chi connectivity index (χ1v) is 11.1. The molecular weight excluding hydrogens is 451 g/mol. The fraction of sp³-hybridized carbons (Fsp3) is 0.192. The molecule has 0 aliphatic rings. The van der Waals surface area contributed by atoms with Crippen molar-refractivity contribution in [3.8, 4) is 34.2 Å². The third kappa shape index (κ3) is 4.28. The number of hydrogen-bond acceptors (Lipinski definition) is 6. The molecule has 0 amide bonds. The molecule has 0 atom stereocenters. The Balaban J connectivity index is 1.45. The third-order valence-electron chi connectivity index (χ3n) is 5.67. The van der Waals surface area contributed by atoms with Crippen molar-refractivity contribution in [1.82, 2.24) is 19.2 Å². The maximum absolute atomic E-state index is 13.3. The number of fused-ring (bicyclic) bond motifs is 1. The maximum atomic E-state index is 13.3. The van der Waals surface area contributed by atoms with Crippen LogP contribution in [-0.4, -0.2) is 32.9 Å². The largest absolute Gasteiger partial charge is 0.493 e. The number of hydrogen-bond donors (Lipinski definition) is 0. The van der Waals surface area contributed by atoms with Gasteiger partial charge in [-0.05, 0) is 62.4 Å². The number of oxazole rings is 1. The highest BCUT2D eigenvalue weighted by Gasteiger charge is 2.16. The van der Waals surface area contributed by atoms with Crippen molar-refractivity contribution < 1.29 is 18.3 Å². The SMILES string of the molecule is CCOc1ccc(-c2nc(Cn3ccn4nc(-c5ccc(F)cc5)cc4c3=O)c(C)o2)cc1OC. The zero-order valence-corrected chi connectivity index (χ0v) is 19.5. The Bertz CT molecular complexity index is 1570. The molecule has 0 bridgehead atoms. The minimum absolute atomic E-state index is 0.222. The van der Waals surface area contributed by atoms with Crippen LogP contribution in [0.15, 0.2) is 70.1 Å². The Morgan fingerprint density at radius 3 is 2.54 bits per heavy atom. The minimum atomic E-state index is -0.328. The van der Waals surface area contributed by atoms with E-state index in [4.69, 9.17) is 13.9 Å². The molecule has 9 heteroatoms. The van der Waals surface area contributed by atoms with Gasteiger partial charge in [-0.15, -0.1) is 0 Å². The smallest absolute Gasteiger partial charge is 0.276 e. The van der Waals surface area contributed by atoms with E-state index in [1.54, 1.807) is 42.3 Å². The van der Waals surface area contributed by atoms with Crippen LogP contribution in [0, 0.1) is 12.7 Å². The molecular formula is C26H23FN4O4. The molecule has 3 heterocycles. The summed E-state index contributed by atoms with van der Waals surface area (Å²) in [5, 5.41) is 4.44. The Hall–Kier alpha value is -4.40. The van der Waals surface area contributed by atoms with Crippen molar-refractivity contribution in [2.75, 3.05) is 13.7 Å². The summed E-state index contributed by atoms with van der Waals surface area (Å²) in [5.74, 6) is 1.94. The van der Waals surface area contributed by atoms with Gasteiger partial charge in [-0.25, -0.2) is 13.9 Å². The van der Waals surface area contributed by atoms with Crippen LogP contribution in [0.5, 0.6) is 11.5 Å². The lowest BCUT2D eigenvalue weighted by Crippen LogP contribution is -2.22. The van der Waals surface area contributed by atoms with E-state index >= 15 is 0 Å². The first-order valence-electron chi connectivity index (χ1n) is 11.1. The van der Waals surface area contributed by atoms with Gasteiger partial charge < -0.3 is 18.5 Å². The Kier molecular flexibility index (Phi) is 5.82. The molecule has 178 valence electrons. The minimum Gasteiger partial charge on any atom is -0.493 e. The van der Waals surface area contributed by atoms with Gasteiger partial charge in [0.05, 0.1) is 26.0 Å². The summed E-state index contributed by atoms with van der Waals surface area (Å²) in [6, 6.07) is 13.2. The highest BCUT2D eigenvalue weighted by molar-refractivity contribution is 5.65. The second-order valence-electron chi connectivity index (χ2n) is 7.92. The molecule has 0 spiro atoms. The van der Waals surface area contributed by atoms with Crippen molar-refractivity contribution in [3.05, 3.63) is 88.5 Å². The molecule has 0 aliphatic carbocycles. The average Bonchev–Trinajstić information content (AvgIpc) is 3.46. The van der Waals surface area contributed by atoms with Gasteiger partial charge in [0.25, 0.3) is 5.56 Å². The lowest BCUT2D eigenvalue weighted by atomic mass is 10.1. The van der Waals surface area contributed by atoms with Crippen LogP contribution >= 0.6 is 0 Å². The van der Waals surface area contributed by atoms with Crippen molar-refractivity contribution in [2.45, 2.75) is 20.4 Å². The van der Waals surface area contributed by atoms with E-state index in [9.17, 15) is 9.18 Å². The summed E-state index contributed by atoms with van der Waals surface area (Å²) in [6.45, 7) is 4.48. The van der Waals surface area contributed by atoms with E-state index in [0.29, 0.717) is 46.7 Å². The summed E-state index contributed by atoms with van der Waals surface area (Å²) in [4.78, 5) is 17.8. The van der Waals surface area contributed by atoms with E-state index in [2.05, 4.69) is 10.1 Å². The van der Waals surface area contributed by atoms with E-state index in [1.807, 2.05) is 32.0 Å². The van der Waals surface area contributed by atoms with E-state index in [1.165, 1.54) is 16.6 Å². The van der Waals surface area contributed by atoms with Crippen molar-refractivity contribution >= 4 is 5.52 Å². The van der Waals surface area contributed by atoms with Crippen LogP contribution in [0.2, 0.25) is 0 Å². The van der Waals surface area contributed by atoms with E-state index in [0.717, 1.165) is 11.1 Å². The molecule has 0 N–H and O–H groups in total. The molecule has 2 aromatic carbocycles. The monoisotopic (exact) mass is 474 g/mol. The van der Waals surface area contributed by atoms with Crippen LogP contribution in [0.25, 0.3) is 28.2 Å². The summed E-state index contributed by atoms with van der Waals surface area (Å²) in [6.07, 6.45) is 3.36. The lowest BCUT2D eigenvalue weighted by molar-refractivity contribution is 0.311. The van der Waals surface area contributed by atoms with Crippen molar-refractivity contribution in [1.29, 1.82) is 0 Å². The molecule has 3 aromatic heterocycles. The summed E-state index contributed by atoms with van der Waals surface area (Å²) >= 11 is 0. The van der Waals surface area contributed by atoms with Crippen molar-refractivity contribution in [2.24, 2.45) is 0 Å². The standard InChI is InChI=1S/C26H23FN4O4/c1-4-34-23-10-7-18(13-24(23)33-3)25-28-21(16(2)35-25)15-30-11-12-31-22(26(30)32)14-20(29-31)17-5-8-19(27)9-6-17/h5-14H,4,15H2,1-3H3. The van der Waals surface area contributed by atoms with Gasteiger partial charge in [0.2, 0.25) is 5.89 Å². The van der Waals surface area contributed by atoms with Gasteiger partial charge in [0, 0.05) is 23.5 Å². The number of aryl methyl sites for hydroxylation is 1. The fourth-order valence-electron chi connectivity index (χ4n) is 3.85. The molecule has 0 fully saturated rings. The predicted molar refractivity (Wildman–Crippen MR) is 128 cm³/mol. The Labute approximate surface area is 200 Å². The number of nitrogens with zero attached hydrogens (tertiary/aromatic N) is 4. The zero-order chi connectivity index (χ0) is 24.5. The fourth-order valence-corrected chi connectivity index (χ4v) is 3.85. The van der Waals surface area contributed by atoms with Gasteiger partial charge >= 0.3 is 0 Å². The summed E-state index contributed by atoms with van der Waals surface area (Å²) < 4.78 is 33.2. The number of aromatic nitrogens is 4. The Morgan fingerprint density at radius 2 is 1.80 bits per heavy atom. The van der Waals surface area contributed by atoms with E-state index in [-0.39, 0.29) is 17.9 Å². The molecule has 0 saturated carbocycles. The quantitative estimate of drug-likeness (QED) is 0.339. The highest BCUT2D eigenvalue weighted by atomic mass is 19.1. The first-order chi connectivity index (χ1) is 17.0. The van der Waals surface area contributed by atoms with Gasteiger partial charge in [-0.3, -0.25) is 4.79 Å². The maximum Gasteiger partial charge on any atom is 0.276 e. The third-order valence-corrected chi connectivity index (χ3v) is 5.67. The molecule has 5 rings (SSSR count). The first kappa shape index (κ1) is 22.4. The number of rotatable bonds is 7. The normalized spacial score (nSPS) is 11.2.